The quantitative estimate of drug-likeness (QED) is 0.555. The summed E-state index contributed by atoms with van der Waals surface area (Å²) in [5.74, 6) is 3.56. The first-order valence-corrected chi connectivity index (χ1v) is 7.15. The average Bonchev–Trinajstić information content (AvgIpc) is 2.52. The van der Waals surface area contributed by atoms with E-state index in [4.69, 9.17) is 0 Å². The minimum atomic E-state index is 0.863. The van der Waals surface area contributed by atoms with Gasteiger partial charge in [0.25, 0.3) is 0 Å². The highest BCUT2D eigenvalue weighted by Gasteiger charge is 2.36. The first-order valence-electron chi connectivity index (χ1n) is 7.15. The fraction of sp³-hybridized carbons (Fsp3) is 0.875. The third-order valence-electron chi connectivity index (χ3n) is 5.12. The summed E-state index contributed by atoms with van der Waals surface area (Å²) in [6.07, 6.45) is 5.40. The van der Waals surface area contributed by atoms with Crippen molar-refractivity contribution < 1.29 is 0 Å². The number of allylic oxidation sites excluding steroid dienone is 2. The predicted octanol–water partition coefficient (Wildman–Crippen LogP) is 5.44. The van der Waals surface area contributed by atoms with Crippen molar-refractivity contribution in [2.24, 2.45) is 23.7 Å². The summed E-state index contributed by atoms with van der Waals surface area (Å²) >= 11 is 0. The van der Waals surface area contributed by atoms with Crippen LogP contribution in [0, 0.1) is 23.7 Å². The van der Waals surface area contributed by atoms with Gasteiger partial charge in [-0.1, -0.05) is 45.3 Å². The summed E-state index contributed by atoms with van der Waals surface area (Å²) < 4.78 is 0. The molecule has 0 aliphatic heterocycles. The van der Waals surface area contributed by atoms with Crippen LogP contribution in [0.25, 0.3) is 0 Å². The van der Waals surface area contributed by atoms with Gasteiger partial charge in [0.05, 0.1) is 0 Å². The Balaban J connectivity index is 2.70. The second-order valence-corrected chi connectivity index (χ2v) is 6.10. The molecule has 1 fully saturated rings. The number of rotatable bonds is 4. The first-order chi connectivity index (χ1) is 7.49. The Kier molecular flexibility index (Phi) is 5.08. The zero-order chi connectivity index (χ0) is 12.3. The molecule has 1 saturated carbocycles. The second kappa shape index (κ2) is 5.89. The molecule has 0 aromatic heterocycles. The molecule has 0 spiro atoms. The van der Waals surface area contributed by atoms with Gasteiger partial charge >= 0.3 is 0 Å². The lowest BCUT2D eigenvalue weighted by atomic mass is 9.84. The molecule has 4 atom stereocenters. The van der Waals surface area contributed by atoms with Gasteiger partial charge in [0.1, 0.15) is 0 Å². The van der Waals surface area contributed by atoms with E-state index < -0.39 is 0 Å². The fourth-order valence-electron chi connectivity index (χ4n) is 3.24. The van der Waals surface area contributed by atoms with Crippen LogP contribution in [0.1, 0.15) is 67.2 Å². The third kappa shape index (κ3) is 2.90. The molecular weight excluding hydrogens is 192 g/mol. The van der Waals surface area contributed by atoms with Crippen molar-refractivity contribution in [1.29, 1.82) is 0 Å². The van der Waals surface area contributed by atoms with Crippen LogP contribution in [-0.4, -0.2) is 0 Å². The molecule has 0 saturated heterocycles. The van der Waals surface area contributed by atoms with Gasteiger partial charge in [-0.05, 0) is 56.8 Å². The van der Waals surface area contributed by atoms with Crippen LogP contribution >= 0.6 is 0 Å². The molecule has 0 aromatic carbocycles. The third-order valence-corrected chi connectivity index (χ3v) is 5.12. The zero-order valence-corrected chi connectivity index (χ0v) is 12.1. The number of hydrogen-bond donors (Lipinski definition) is 0. The highest BCUT2D eigenvalue weighted by atomic mass is 14.4. The molecule has 0 radical (unpaired) electrons. The summed E-state index contributed by atoms with van der Waals surface area (Å²) in [4.78, 5) is 0. The molecule has 0 heterocycles. The Morgan fingerprint density at radius 3 is 2.12 bits per heavy atom. The first kappa shape index (κ1) is 13.8. The van der Waals surface area contributed by atoms with Gasteiger partial charge in [0, 0.05) is 0 Å². The van der Waals surface area contributed by atoms with E-state index in [0.717, 1.165) is 23.7 Å². The molecule has 16 heavy (non-hydrogen) atoms. The van der Waals surface area contributed by atoms with E-state index in [1.54, 1.807) is 11.1 Å². The summed E-state index contributed by atoms with van der Waals surface area (Å²) in [6.45, 7) is 14.3. The van der Waals surface area contributed by atoms with E-state index in [0.29, 0.717) is 0 Å². The van der Waals surface area contributed by atoms with Crippen molar-refractivity contribution >= 4 is 0 Å². The van der Waals surface area contributed by atoms with Crippen molar-refractivity contribution in [3.8, 4) is 0 Å². The number of unbranched alkanes of at least 4 members (excludes halogenated alkanes) is 1. The topological polar surface area (TPSA) is 0 Å². The lowest BCUT2D eigenvalue weighted by Gasteiger charge is -2.21. The Morgan fingerprint density at radius 1 is 1.06 bits per heavy atom. The predicted molar refractivity (Wildman–Crippen MR) is 73.5 cm³/mol. The summed E-state index contributed by atoms with van der Waals surface area (Å²) in [6, 6.07) is 0. The Labute approximate surface area is 103 Å². The van der Waals surface area contributed by atoms with Gasteiger partial charge in [-0.15, -0.1) is 0 Å². The van der Waals surface area contributed by atoms with E-state index in [1.807, 2.05) is 0 Å². The van der Waals surface area contributed by atoms with Crippen molar-refractivity contribution in [2.45, 2.75) is 67.2 Å². The largest absolute Gasteiger partial charge is 0.0741 e. The average molecular weight is 222 g/mol. The summed E-state index contributed by atoms with van der Waals surface area (Å²) in [7, 11) is 0. The monoisotopic (exact) mass is 222 g/mol. The van der Waals surface area contributed by atoms with Crippen LogP contribution in [0.2, 0.25) is 0 Å². The van der Waals surface area contributed by atoms with Crippen LogP contribution in [0.4, 0.5) is 0 Å². The van der Waals surface area contributed by atoms with Gasteiger partial charge in [0.2, 0.25) is 0 Å². The summed E-state index contributed by atoms with van der Waals surface area (Å²) in [5.41, 5.74) is 3.37. The molecule has 1 aliphatic carbocycles. The Bertz CT molecular complexity index is 249. The van der Waals surface area contributed by atoms with Gasteiger partial charge < -0.3 is 0 Å². The second-order valence-electron chi connectivity index (χ2n) is 6.10. The molecular formula is C16H30. The van der Waals surface area contributed by atoms with Crippen molar-refractivity contribution in [2.75, 3.05) is 0 Å². The van der Waals surface area contributed by atoms with Crippen LogP contribution in [0.15, 0.2) is 11.1 Å². The Morgan fingerprint density at radius 2 is 1.69 bits per heavy atom. The van der Waals surface area contributed by atoms with Gasteiger partial charge in [0.15, 0.2) is 0 Å². The van der Waals surface area contributed by atoms with E-state index >= 15 is 0 Å². The Hall–Kier alpha value is -0.260. The highest BCUT2D eigenvalue weighted by Crippen LogP contribution is 2.45. The van der Waals surface area contributed by atoms with Gasteiger partial charge in [-0.3, -0.25) is 0 Å². The SMILES string of the molecule is CCCCC(C)=C(C)C1CC(C)C(C)C1C. The van der Waals surface area contributed by atoms with E-state index in [-0.39, 0.29) is 0 Å². The maximum absolute atomic E-state index is 2.45. The van der Waals surface area contributed by atoms with E-state index in [9.17, 15) is 0 Å². The molecule has 0 aromatic rings. The smallest absolute Gasteiger partial charge is 0.0172 e. The van der Waals surface area contributed by atoms with E-state index in [2.05, 4.69) is 41.5 Å². The van der Waals surface area contributed by atoms with Gasteiger partial charge in [-0.2, -0.15) is 0 Å². The lowest BCUT2D eigenvalue weighted by molar-refractivity contribution is 0.357. The van der Waals surface area contributed by atoms with Crippen molar-refractivity contribution in [3.05, 3.63) is 11.1 Å². The van der Waals surface area contributed by atoms with Crippen molar-refractivity contribution in [3.63, 3.8) is 0 Å². The molecule has 0 nitrogen and oxygen atoms in total. The lowest BCUT2D eigenvalue weighted by Crippen LogP contribution is -2.12. The minimum absolute atomic E-state index is 0.863. The molecule has 0 heteroatoms. The zero-order valence-electron chi connectivity index (χ0n) is 12.1. The molecule has 0 bridgehead atoms. The van der Waals surface area contributed by atoms with Crippen LogP contribution in [-0.2, 0) is 0 Å². The number of hydrogen-bond acceptors (Lipinski definition) is 0. The fourth-order valence-corrected chi connectivity index (χ4v) is 3.24. The standard InChI is InChI=1S/C16H30/c1-7-8-9-11(2)14(5)16-10-12(3)13(4)15(16)6/h12-13,15-16H,7-10H2,1-6H3. The molecule has 1 aliphatic rings. The molecule has 0 N–H and O–H groups in total. The molecule has 1 rings (SSSR count). The molecule has 4 unspecified atom stereocenters. The van der Waals surface area contributed by atoms with Crippen LogP contribution < -0.4 is 0 Å². The molecule has 94 valence electrons. The minimum Gasteiger partial charge on any atom is -0.0741 e. The maximum Gasteiger partial charge on any atom is -0.0172 e. The van der Waals surface area contributed by atoms with Crippen LogP contribution in [0.5, 0.6) is 0 Å². The highest BCUT2D eigenvalue weighted by molar-refractivity contribution is 5.16. The maximum atomic E-state index is 2.45. The van der Waals surface area contributed by atoms with Crippen molar-refractivity contribution in [1.82, 2.24) is 0 Å². The van der Waals surface area contributed by atoms with Gasteiger partial charge in [-0.25, -0.2) is 0 Å². The summed E-state index contributed by atoms with van der Waals surface area (Å²) in [5, 5.41) is 0. The molecule has 0 amide bonds. The van der Waals surface area contributed by atoms with Crippen LogP contribution in [0.3, 0.4) is 0 Å². The van der Waals surface area contributed by atoms with E-state index in [1.165, 1.54) is 25.7 Å². The normalized spacial score (nSPS) is 36.4.